The van der Waals surface area contributed by atoms with Crippen molar-refractivity contribution >= 4 is 40.4 Å². The Labute approximate surface area is 178 Å². The minimum Gasteiger partial charge on any atom is -0.371 e. The van der Waals surface area contributed by atoms with E-state index >= 15 is 0 Å². The molecular weight excluding hydrogens is 400 g/mol. The molecule has 30 heavy (non-hydrogen) atoms. The molecule has 1 amide bonds. The van der Waals surface area contributed by atoms with Crippen molar-refractivity contribution in [3.05, 3.63) is 43.3 Å². The van der Waals surface area contributed by atoms with Crippen molar-refractivity contribution in [1.29, 1.82) is 10.5 Å². The average molecular weight is 423 g/mol. The number of amides is 1. The van der Waals surface area contributed by atoms with Crippen molar-refractivity contribution in [3.63, 3.8) is 0 Å². The second-order valence-electron chi connectivity index (χ2n) is 6.61. The van der Waals surface area contributed by atoms with Crippen LogP contribution in [0.2, 0.25) is 0 Å². The molecule has 0 spiro atoms. The van der Waals surface area contributed by atoms with Crippen molar-refractivity contribution in [2.75, 3.05) is 29.9 Å². The van der Waals surface area contributed by atoms with Crippen LogP contribution in [0.15, 0.2) is 23.0 Å². The van der Waals surface area contributed by atoms with Crippen LogP contribution in [0.5, 0.6) is 0 Å². The van der Waals surface area contributed by atoms with Crippen molar-refractivity contribution < 1.29 is 4.79 Å². The van der Waals surface area contributed by atoms with Gasteiger partial charge in [-0.3, -0.25) is 14.2 Å². The fourth-order valence-electron chi connectivity index (χ4n) is 3.43. The van der Waals surface area contributed by atoms with Crippen LogP contribution in [0, 0.1) is 22.7 Å². The van der Waals surface area contributed by atoms with Gasteiger partial charge in [0.2, 0.25) is 0 Å². The number of benzene rings is 1. The predicted molar refractivity (Wildman–Crippen MR) is 117 cm³/mol. The second kappa shape index (κ2) is 9.29. The summed E-state index contributed by atoms with van der Waals surface area (Å²) in [6, 6.07) is 9.79. The van der Waals surface area contributed by atoms with E-state index in [1.807, 2.05) is 12.1 Å². The second-order valence-corrected chi connectivity index (χ2v) is 7.64. The van der Waals surface area contributed by atoms with Crippen LogP contribution < -0.4 is 30.3 Å². The Morgan fingerprint density at radius 3 is 2.77 bits per heavy atom. The number of likely N-dealkylation sites (N-methyl/N-ethyl adjacent to an activating group) is 1. The van der Waals surface area contributed by atoms with Crippen molar-refractivity contribution in [2.45, 2.75) is 26.8 Å². The number of carbonyl (C=O) groups excluding carboxylic acids is 1. The number of nitrogens with zero attached hydrogens (tertiary/aromatic N) is 4. The Bertz CT molecular complexity index is 1230. The summed E-state index contributed by atoms with van der Waals surface area (Å²) in [7, 11) is 0. The van der Waals surface area contributed by atoms with E-state index in [4.69, 9.17) is 5.26 Å². The van der Waals surface area contributed by atoms with Gasteiger partial charge < -0.3 is 15.5 Å². The summed E-state index contributed by atoms with van der Waals surface area (Å²) < 4.78 is 2.06. The number of aromatic nitrogens is 1. The number of fused-ring (bicyclic) bond motifs is 1. The van der Waals surface area contributed by atoms with Gasteiger partial charge in [-0.1, -0.05) is 0 Å². The van der Waals surface area contributed by atoms with E-state index in [0.29, 0.717) is 11.1 Å². The highest BCUT2D eigenvalue weighted by Crippen LogP contribution is 2.30. The van der Waals surface area contributed by atoms with E-state index in [0.717, 1.165) is 36.5 Å². The number of hydrogen-bond donors (Lipinski definition) is 2. The van der Waals surface area contributed by atoms with E-state index in [1.165, 1.54) is 15.8 Å². The quantitative estimate of drug-likeness (QED) is 0.655. The monoisotopic (exact) mass is 422 g/mol. The van der Waals surface area contributed by atoms with Gasteiger partial charge in [0.15, 0.2) is 5.57 Å². The molecule has 0 fully saturated rings. The van der Waals surface area contributed by atoms with Gasteiger partial charge in [0, 0.05) is 37.2 Å². The minimum atomic E-state index is -0.666. The molecule has 0 saturated heterocycles. The lowest BCUT2D eigenvalue weighted by Crippen LogP contribution is -2.34. The first-order valence-corrected chi connectivity index (χ1v) is 10.5. The van der Waals surface area contributed by atoms with Crippen molar-refractivity contribution in [2.24, 2.45) is 0 Å². The maximum absolute atomic E-state index is 12.8. The first-order valence-electron chi connectivity index (χ1n) is 9.67. The summed E-state index contributed by atoms with van der Waals surface area (Å²) in [5.41, 5.74) is 2.93. The van der Waals surface area contributed by atoms with E-state index in [-0.39, 0.29) is 22.3 Å². The normalized spacial score (nSPS) is 14.0. The summed E-state index contributed by atoms with van der Waals surface area (Å²) in [6.45, 7) is 6.00. The van der Waals surface area contributed by atoms with Gasteiger partial charge in [-0.05, 0) is 44.0 Å². The molecule has 0 aliphatic carbocycles. The standard InChI is InChI=1S/C21H22N6O2S/c1-3-26-10-7-14-11-15(5-6-17(14)26)25-13-18-20(29)27(4-2)21(30-18)16(12-23)19(28)24-9-8-22/h5-6,11,13,25H,3-4,7,9-10H2,1-2H3,(H,24,28)/b18-13-,21-16+. The zero-order valence-corrected chi connectivity index (χ0v) is 17.7. The van der Waals surface area contributed by atoms with Gasteiger partial charge in [-0.25, -0.2) is 0 Å². The number of anilines is 2. The fourth-order valence-corrected chi connectivity index (χ4v) is 4.52. The highest BCUT2D eigenvalue weighted by Gasteiger charge is 2.17. The Morgan fingerprint density at radius 2 is 2.10 bits per heavy atom. The minimum absolute atomic E-state index is 0.175. The summed E-state index contributed by atoms with van der Waals surface area (Å²) in [5, 5.41) is 23.6. The van der Waals surface area contributed by atoms with Crippen LogP contribution >= 0.6 is 11.3 Å². The summed E-state index contributed by atoms with van der Waals surface area (Å²) in [4.78, 5) is 27.3. The topological polar surface area (TPSA) is 114 Å². The molecular formula is C21H22N6O2S. The number of thiazole rings is 1. The molecule has 0 saturated carbocycles. The third kappa shape index (κ3) is 4.07. The van der Waals surface area contributed by atoms with Gasteiger partial charge in [-0.2, -0.15) is 10.5 Å². The molecule has 2 heterocycles. The lowest BCUT2D eigenvalue weighted by molar-refractivity contribution is -0.115. The zero-order valence-electron chi connectivity index (χ0n) is 16.9. The van der Waals surface area contributed by atoms with E-state index in [2.05, 4.69) is 34.6 Å². The molecule has 154 valence electrons. The van der Waals surface area contributed by atoms with Crippen molar-refractivity contribution in [3.8, 4) is 12.1 Å². The largest absolute Gasteiger partial charge is 0.371 e. The Kier molecular flexibility index (Phi) is 6.55. The van der Waals surface area contributed by atoms with E-state index in [9.17, 15) is 14.9 Å². The average Bonchev–Trinajstić information content (AvgIpc) is 3.31. The van der Waals surface area contributed by atoms with Gasteiger partial charge in [0.05, 0.1) is 6.07 Å². The van der Waals surface area contributed by atoms with Crippen LogP contribution in [-0.2, 0) is 17.8 Å². The maximum atomic E-state index is 12.8. The Balaban J connectivity index is 1.98. The third-order valence-corrected chi connectivity index (χ3v) is 6.06. The highest BCUT2D eigenvalue weighted by molar-refractivity contribution is 7.07. The molecule has 0 radical (unpaired) electrons. The van der Waals surface area contributed by atoms with Crippen LogP contribution in [0.1, 0.15) is 19.4 Å². The molecule has 0 bridgehead atoms. The molecule has 0 unspecified atom stereocenters. The summed E-state index contributed by atoms with van der Waals surface area (Å²) in [5.74, 6) is -0.666. The van der Waals surface area contributed by atoms with Crippen LogP contribution in [0.4, 0.5) is 11.4 Å². The van der Waals surface area contributed by atoms with Gasteiger partial charge >= 0.3 is 0 Å². The molecule has 2 aromatic rings. The lowest BCUT2D eigenvalue weighted by atomic mass is 10.1. The number of carbonyl (C=O) groups is 1. The molecule has 3 rings (SSSR count). The summed E-state index contributed by atoms with van der Waals surface area (Å²) in [6.07, 6.45) is 2.60. The fraction of sp³-hybridized carbons (Fsp3) is 0.333. The molecule has 0 atom stereocenters. The smallest absolute Gasteiger partial charge is 0.270 e. The SMILES string of the molecule is CCN1CCc2cc(N/C=c3\s/c(=C(\C#N)C(=O)NCC#N)n(CC)c3=O)ccc21. The lowest BCUT2D eigenvalue weighted by Gasteiger charge is -2.16. The molecule has 1 aliphatic heterocycles. The predicted octanol–water partition coefficient (Wildman–Crippen LogP) is 0.476. The highest BCUT2D eigenvalue weighted by atomic mass is 32.1. The molecule has 9 heteroatoms. The third-order valence-electron chi connectivity index (χ3n) is 4.93. The molecule has 2 N–H and O–H groups in total. The first kappa shape index (κ1) is 21.2. The van der Waals surface area contributed by atoms with Crippen LogP contribution in [-0.4, -0.2) is 30.1 Å². The molecule has 1 aromatic heterocycles. The molecule has 1 aliphatic rings. The maximum Gasteiger partial charge on any atom is 0.270 e. The van der Waals surface area contributed by atoms with Gasteiger partial charge in [-0.15, -0.1) is 11.3 Å². The number of hydrogen-bond acceptors (Lipinski definition) is 7. The number of rotatable bonds is 6. The van der Waals surface area contributed by atoms with E-state index < -0.39 is 5.91 Å². The first-order chi connectivity index (χ1) is 14.5. The van der Waals surface area contributed by atoms with E-state index in [1.54, 1.807) is 19.2 Å². The van der Waals surface area contributed by atoms with Gasteiger partial charge in [0.1, 0.15) is 21.8 Å². The molecule has 8 nitrogen and oxygen atoms in total. The Hall–Kier alpha value is -3.56. The molecule has 1 aromatic carbocycles. The van der Waals surface area contributed by atoms with Gasteiger partial charge in [0.25, 0.3) is 11.5 Å². The summed E-state index contributed by atoms with van der Waals surface area (Å²) >= 11 is 1.07. The Morgan fingerprint density at radius 1 is 1.30 bits per heavy atom. The van der Waals surface area contributed by atoms with Crippen molar-refractivity contribution in [1.82, 2.24) is 9.88 Å². The van der Waals surface area contributed by atoms with Crippen LogP contribution in [0.25, 0.3) is 11.8 Å². The number of nitrogens with one attached hydrogen (secondary N) is 2. The number of nitriles is 2. The van der Waals surface area contributed by atoms with Crippen LogP contribution in [0.3, 0.4) is 0 Å². The zero-order chi connectivity index (χ0) is 21.7.